The minimum absolute atomic E-state index is 0.0224. The molecule has 1 N–H and O–H groups in total. The lowest BCUT2D eigenvalue weighted by Gasteiger charge is -2.30. The van der Waals surface area contributed by atoms with Gasteiger partial charge in [0.05, 0.1) is 19.6 Å². The molecule has 0 atom stereocenters. The molecule has 0 bridgehead atoms. The van der Waals surface area contributed by atoms with E-state index in [2.05, 4.69) is 36.2 Å². The summed E-state index contributed by atoms with van der Waals surface area (Å²) in [6.45, 7) is 9.53. The minimum atomic E-state index is 0.0224. The van der Waals surface area contributed by atoms with Gasteiger partial charge in [-0.05, 0) is 49.6 Å². The van der Waals surface area contributed by atoms with Crippen LogP contribution in [0.1, 0.15) is 22.3 Å². The van der Waals surface area contributed by atoms with Gasteiger partial charge in [0.15, 0.2) is 0 Å². The summed E-state index contributed by atoms with van der Waals surface area (Å²) >= 11 is 0. The van der Waals surface area contributed by atoms with Gasteiger partial charge in [0, 0.05) is 24.5 Å². The molecule has 0 spiro atoms. The van der Waals surface area contributed by atoms with E-state index in [1.165, 1.54) is 11.3 Å². The Hall–Kier alpha value is -2.33. The maximum atomic E-state index is 12.4. The lowest BCUT2D eigenvalue weighted by molar-refractivity contribution is -0.115. The topological polar surface area (TPSA) is 41.6 Å². The zero-order chi connectivity index (χ0) is 17.8. The molecule has 1 heterocycles. The van der Waals surface area contributed by atoms with Crippen LogP contribution in [0.2, 0.25) is 0 Å². The molecule has 0 radical (unpaired) electrons. The molecule has 0 unspecified atom stereocenters. The number of carbonyl (C=O) groups is 1. The Kier molecular flexibility index (Phi) is 5.39. The van der Waals surface area contributed by atoms with Crippen molar-refractivity contribution in [3.05, 3.63) is 58.7 Å². The molecule has 1 fully saturated rings. The number of benzene rings is 2. The van der Waals surface area contributed by atoms with Crippen LogP contribution < -0.4 is 10.2 Å². The molecule has 1 aliphatic rings. The van der Waals surface area contributed by atoms with E-state index in [1.54, 1.807) is 0 Å². The quantitative estimate of drug-likeness (QED) is 0.925. The lowest BCUT2D eigenvalue weighted by atomic mass is 10.1. The third-order valence-electron chi connectivity index (χ3n) is 4.64. The highest BCUT2D eigenvalue weighted by molar-refractivity contribution is 5.94. The summed E-state index contributed by atoms with van der Waals surface area (Å²) in [5.74, 6) is 0.0224. The van der Waals surface area contributed by atoms with Crippen molar-refractivity contribution < 1.29 is 9.53 Å². The molecular weight excluding hydrogens is 312 g/mol. The SMILES string of the molecule is Cc1ccc(CC(=O)Nc2c(C)cc(N3CCOCC3)cc2C)cc1. The predicted molar refractivity (Wildman–Crippen MR) is 102 cm³/mol. The second-order valence-electron chi connectivity index (χ2n) is 6.76. The first-order valence-corrected chi connectivity index (χ1v) is 8.82. The zero-order valence-corrected chi connectivity index (χ0v) is 15.3. The Morgan fingerprint density at radius 2 is 1.64 bits per heavy atom. The number of nitrogens with zero attached hydrogens (tertiary/aromatic N) is 1. The van der Waals surface area contributed by atoms with Gasteiger partial charge in [-0.1, -0.05) is 29.8 Å². The van der Waals surface area contributed by atoms with Crippen LogP contribution in [0, 0.1) is 20.8 Å². The van der Waals surface area contributed by atoms with Crippen molar-refractivity contribution in [1.29, 1.82) is 0 Å². The van der Waals surface area contributed by atoms with Crippen molar-refractivity contribution >= 4 is 17.3 Å². The molecule has 0 aromatic heterocycles. The fraction of sp³-hybridized carbons (Fsp3) is 0.381. The second kappa shape index (κ2) is 7.70. The molecule has 1 aliphatic heterocycles. The van der Waals surface area contributed by atoms with Crippen molar-refractivity contribution in [2.45, 2.75) is 27.2 Å². The van der Waals surface area contributed by atoms with Crippen molar-refractivity contribution in [3.63, 3.8) is 0 Å². The second-order valence-corrected chi connectivity index (χ2v) is 6.76. The van der Waals surface area contributed by atoms with Crippen LogP contribution in [0.5, 0.6) is 0 Å². The van der Waals surface area contributed by atoms with Gasteiger partial charge in [-0.15, -0.1) is 0 Å². The van der Waals surface area contributed by atoms with Gasteiger partial charge in [0.2, 0.25) is 5.91 Å². The number of rotatable bonds is 4. The van der Waals surface area contributed by atoms with Crippen LogP contribution in [0.25, 0.3) is 0 Å². The molecule has 2 aromatic carbocycles. The zero-order valence-electron chi connectivity index (χ0n) is 15.3. The number of aryl methyl sites for hydroxylation is 3. The number of carbonyl (C=O) groups excluding carboxylic acids is 1. The summed E-state index contributed by atoms with van der Waals surface area (Å²) in [5, 5.41) is 3.09. The van der Waals surface area contributed by atoms with E-state index < -0.39 is 0 Å². The third-order valence-corrected chi connectivity index (χ3v) is 4.64. The summed E-state index contributed by atoms with van der Waals surface area (Å²) < 4.78 is 5.42. The van der Waals surface area contributed by atoms with Crippen molar-refractivity contribution in [1.82, 2.24) is 0 Å². The molecule has 25 heavy (non-hydrogen) atoms. The van der Waals surface area contributed by atoms with Crippen LogP contribution >= 0.6 is 0 Å². The number of hydrogen-bond donors (Lipinski definition) is 1. The van der Waals surface area contributed by atoms with E-state index in [9.17, 15) is 4.79 Å². The van der Waals surface area contributed by atoms with Gasteiger partial charge >= 0.3 is 0 Å². The Labute approximate surface area is 149 Å². The third kappa shape index (κ3) is 4.40. The van der Waals surface area contributed by atoms with Crippen LogP contribution in [0.4, 0.5) is 11.4 Å². The van der Waals surface area contributed by atoms with Crippen LogP contribution in [0.15, 0.2) is 36.4 Å². The predicted octanol–water partition coefficient (Wildman–Crippen LogP) is 3.63. The summed E-state index contributed by atoms with van der Waals surface area (Å²) in [6.07, 6.45) is 0.393. The van der Waals surface area contributed by atoms with Gasteiger partial charge in [0.25, 0.3) is 0 Å². The molecule has 2 aromatic rings. The fourth-order valence-electron chi connectivity index (χ4n) is 3.22. The summed E-state index contributed by atoms with van der Waals surface area (Å²) in [6, 6.07) is 12.4. The average molecular weight is 338 g/mol. The van der Waals surface area contributed by atoms with Crippen molar-refractivity contribution in [3.8, 4) is 0 Å². The van der Waals surface area contributed by atoms with Crippen LogP contribution in [-0.2, 0) is 16.0 Å². The first-order valence-electron chi connectivity index (χ1n) is 8.82. The summed E-state index contributed by atoms with van der Waals surface area (Å²) in [4.78, 5) is 14.8. The standard InChI is InChI=1S/C21H26N2O2/c1-15-4-6-18(7-5-15)14-20(24)22-21-16(2)12-19(13-17(21)3)23-8-10-25-11-9-23/h4-7,12-13H,8-11,14H2,1-3H3,(H,22,24). The Morgan fingerprint density at radius 1 is 1.04 bits per heavy atom. The fourth-order valence-corrected chi connectivity index (χ4v) is 3.22. The minimum Gasteiger partial charge on any atom is -0.378 e. The van der Waals surface area contributed by atoms with Gasteiger partial charge in [-0.25, -0.2) is 0 Å². The number of morpholine rings is 1. The number of anilines is 2. The van der Waals surface area contributed by atoms with Crippen molar-refractivity contribution in [2.75, 3.05) is 36.5 Å². The summed E-state index contributed by atoms with van der Waals surface area (Å²) in [7, 11) is 0. The highest BCUT2D eigenvalue weighted by atomic mass is 16.5. The van der Waals surface area contributed by atoms with E-state index in [0.29, 0.717) is 6.42 Å². The highest BCUT2D eigenvalue weighted by Gasteiger charge is 2.15. The molecule has 4 nitrogen and oxygen atoms in total. The Morgan fingerprint density at radius 3 is 2.24 bits per heavy atom. The van der Waals surface area contributed by atoms with E-state index in [4.69, 9.17) is 4.74 Å². The molecule has 1 amide bonds. The molecular formula is C21H26N2O2. The largest absolute Gasteiger partial charge is 0.378 e. The van der Waals surface area contributed by atoms with E-state index in [1.807, 2.05) is 31.2 Å². The highest BCUT2D eigenvalue weighted by Crippen LogP contribution is 2.28. The molecule has 1 saturated heterocycles. The number of amides is 1. The normalized spacial score (nSPS) is 14.4. The van der Waals surface area contributed by atoms with E-state index >= 15 is 0 Å². The van der Waals surface area contributed by atoms with Gasteiger partial charge in [0.1, 0.15) is 0 Å². The average Bonchev–Trinajstić information content (AvgIpc) is 2.61. The molecule has 4 heteroatoms. The maximum Gasteiger partial charge on any atom is 0.228 e. The van der Waals surface area contributed by atoms with Gasteiger partial charge < -0.3 is 15.0 Å². The number of nitrogens with one attached hydrogen (secondary N) is 1. The van der Waals surface area contributed by atoms with Gasteiger partial charge in [-0.3, -0.25) is 4.79 Å². The summed E-state index contributed by atoms with van der Waals surface area (Å²) in [5.41, 5.74) is 6.55. The molecule has 132 valence electrons. The van der Waals surface area contributed by atoms with Crippen molar-refractivity contribution in [2.24, 2.45) is 0 Å². The maximum absolute atomic E-state index is 12.4. The Bertz CT molecular complexity index is 724. The number of ether oxygens (including phenoxy) is 1. The molecule has 3 rings (SSSR count). The first-order chi connectivity index (χ1) is 12.0. The first kappa shape index (κ1) is 17.5. The lowest BCUT2D eigenvalue weighted by Crippen LogP contribution is -2.36. The molecule has 0 aliphatic carbocycles. The molecule has 0 saturated carbocycles. The number of hydrogen-bond acceptors (Lipinski definition) is 3. The van der Waals surface area contributed by atoms with E-state index in [-0.39, 0.29) is 5.91 Å². The smallest absolute Gasteiger partial charge is 0.228 e. The van der Waals surface area contributed by atoms with Gasteiger partial charge in [-0.2, -0.15) is 0 Å². The van der Waals surface area contributed by atoms with E-state index in [0.717, 1.165) is 48.7 Å². The monoisotopic (exact) mass is 338 g/mol. The Balaban J connectivity index is 1.71. The van der Waals surface area contributed by atoms with Crippen LogP contribution in [0.3, 0.4) is 0 Å². The van der Waals surface area contributed by atoms with Crippen LogP contribution in [-0.4, -0.2) is 32.2 Å².